The van der Waals surface area contributed by atoms with Crippen molar-refractivity contribution < 1.29 is 19.0 Å². The summed E-state index contributed by atoms with van der Waals surface area (Å²) >= 11 is 0. The van der Waals surface area contributed by atoms with E-state index in [1.54, 1.807) is 51.8 Å². The maximum atomic E-state index is 12.3. The number of ether oxygens (including phenoxy) is 3. The van der Waals surface area contributed by atoms with Crippen molar-refractivity contribution >= 4 is 17.3 Å². The van der Waals surface area contributed by atoms with Crippen LogP contribution in [0.25, 0.3) is 0 Å². The molecule has 7 nitrogen and oxygen atoms in total. The quantitative estimate of drug-likeness (QED) is 0.699. The molecule has 0 saturated carbocycles. The van der Waals surface area contributed by atoms with Gasteiger partial charge in [0.15, 0.2) is 11.5 Å². The number of carbonyl (C=O) groups excluding carboxylic acids is 1. The van der Waals surface area contributed by atoms with Crippen LogP contribution in [0.4, 0.5) is 11.4 Å². The van der Waals surface area contributed by atoms with Crippen LogP contribution in [0, 0.1) is 5.92 Å². The number of pyridine rings is 1. The summed E-state index contributed by atoms with van der Waals surface area (Å²) < 4.78 is 16.0. The second-order valence-corrected chi connectivity index (χ2v) is 6.41. The molecule has 1 aromatic carbocycles. The van der Waals surface area contributed by atoms with Gasteiger partial charge in [0.05, 0.1) is 21.3 Å². The average molecular weight is 373 g/mol. The van der Waals surface area contributed by atoms with Crippen LogP contribution in [0.2, 0.25) is 0 Å². The molecular formula is C20H27N3O4. The van der Waals surface area contributed by atoms with E-state index in [-0.39, 0.29) is 5.91 Å². The van der Waals surface area contributed by atoms with Crippen molar-refractivity contribution in [3.63, 3.8) is 0 Å². The number of benzene rings is 1. The van der Waals surface area contributed by atoms with E-state index in [1.807, 2.05) is 0 Å². The van der Waals surface area contributed by atoms with Gasteiger partial charge in [-0.3, -0.25) is 9.78 Å². The van der Waals surface area contributed by atoms with Crippen molar-refractivity contribution in [2.24, 2.45) is 5.92 Å². The zero-order valence-corrected chi connectivity index (χ0v) is 16.5. The first-order valence-corrected chi connectivity index (χ1v) is 8.79. The number of anilines is 2. The minimum Gasteiger partial charge on any atom is -0.493 e. The zero-order valence-electron chi connectivity index (χ0n) is 16.5. The lowest BCUT2D eigenvalue weighted by Gasteiger charge is -2.15. The highest BCUT2D eigenvalue weighted by molar-refractivity contribution is 5.93. The van der Waals surface area contributed by atoms with Crippen LogP contribution in [-0.4, -0.2) is 38.8 Å². The zero-order chi connectivity index (χ0) is 19.8. The number of aromatic nitrogens is 1. The van der Waals surface area contributed by atoms with Gasteiger partial charge < -0.3 is 24.8 Å². The van der Waals surface area contributed by atoms with Gasteiger partial charge in [0.25, 0.3) is 5.91 Å². The number of nitrogens with one attached hydrogen (secondary N) is 2. The molecule has 2 aromatic rings. The largest absolute Gasteiger partial charge is 0.493 e. The van der Waals surface area contributed by atoms with Gasteiger partial charge in [-0.05, 0) is 24.5 Å². The molecule has 1 heterocycles. The molecule has 0 saturated heterocycles. The summed E-state index contributed by atoms with van der Waals surface area (Å²) in [4.78, 5) is 16.4. The number of hydrogen-bond donors (Lipinski definition) is 2. The summed E-state index contributed by atoms with van der Waals surface area (Å²) in [5.74, 6) is 1.95. The molecule has 0 radical (unpaired) electrons. The van der Waals surface area contributed by atoms with Crippen molar-refractivity contribution in [2.45, 2.75) is 20.3 Å². The molecule has 0 unspecified atom stereocenters. The Hall–Kier alpha value is -2.96. The van der Waals surface area contributed by atoms with Crippen molar-refractivity contribution in [2.75, 3.05) is 33.2 Å². The van der Waals surface area contributed by atoms with Gasteiger partial charge in [0.1, 0.15) is 5.69 Å². The second-order valence-electron chi connectivity index (χ2n) is 6.41. The predicted octanol–water partition coefficient (Wildman–Crippen LogP) is 3.63. The Morgan fingerprint density at radius 2 is 1.70 bits per heavy atom. The summed E-state index contributed by atoms with van der Waals surface area (Å²) in [5, 5.41) is 6.13. The number of carbonyl (C=O) groups is 1. The van der Waals surface area contributed by atoms with Crippen LogP contribution in [0.5, 0.6) is 17.2 Å². The van der Waals surface area contributed by atoms with E-state index in [0.717, 1.165) is 17.8 Å². The maximum Gasteiger partial charge on any atom is 0.269 e. The lowest BCUT2D eigenvalue weighted by atomic mass is 10.1. The molecule has 0 aliphatic carbocycles. The first kappa shape index (κ1) is 20.4. The van der Waals surface area contributed by atoms with Gasteiger partial charge >= 0.3 is 0 Å². The first-order valence-electron chi connectivity index (χ1n) is 8.79. The summed E-state index contributed by atoms with van der Waals surface area (Å²) in [6.45, 7) is 4.86. The van der Waals surface area contributed by atoms with Crippen molar-refractivity contribution in [1.82, 2.24) is 10.3 Å². The van der Waals surface area contributed by atoms with Gasteiger partial charge in [0, 0.05) is 36.2 Å². The van der Waals surface area contributed by atoms with Crippen LogP contribution < -0.4 is 24.8 Å². The predicted molar refractivity (Wildman–Crippen MR) is 105 cm³/mol. The first-order chi connectivity index (χ1) is 13.0. The maximum absolute atomic E-state index is 12.3. The lowest BCUT2D eigenvalue weighted by molar-refractivity contribution is 0.0947. The molecule has 2 N–H and O–H groups in total. The Kier molecular flexibility index (Phi) is 7.28. The monoisotopic (exact) mass is 373 g/mol. The van der Waals surface area contributed by atoms with E-state index in [4.69, 9.17) is 14.2 Å². The molecule has 146 valence electrons. The fraction of sp³-hybridized carbons (Fsp3) is 0.400. The number of methoxy groups -OCH3 is 3. The summed E-state index contributed by atoms with van der Waals surface area (Å²) in [6.07, 6.45) is 2.52. The minimum atomic E-state index is -0.191. The third kappa shape index (κ3) is 5.51. The van der Waals surface area contributed by atoms with Gasteiger partial charge in [-0.1, -0.05) is 13.8 Å². The molecule has 1 aromatic heterocycles. The molecule has 2 rings (SSSR count). The lowest BCUT2D eigenvalue weighted by Crippen LogP contribution is -2.26. The van der Waals surface area contributed by atoms with E-state index < -0.39 is 0 Å². The second kappa shape index (κ2) is 9.66. The average Bonchev–Trinajstić information content (AvgIpc) is 2.66. The fourth-order valence-electron chi connectivity index (χ4n) is 2.52. The summed E-state index contributed by atoms with van der Waals surface area (Å²) in [7, 11) is 4.68. The Morgan fingerprint density at radius 1 is 1.04 bits per heavy atom. The number of nitrogens with zero attached hydrogens (tertiary/aromatic N) is 1. The summed E-state index contributed by atoms with van der Waals surface area (Å²) in [6, 6.07) is 7.08. The van der Waals surface area contributed by atoms with E-state index >= 15 is 0 Å². The van der Waals surface area contributed by atoms with E-state index in [9.17, 15) is 4.79 Å². The smallest absolute Gasteiger partial charge is 0.269 e. The standard InChI is InChI=1S/C20H27N3O4/c1-13(2)6-8-22-20(24)16-10-14(7-9-21-16)23-15-11-17(25-3)19(27-5)18(12-15)26-4/h7,9-13H,6,8H2,1-5H3,(H,21,23)(H,22,24). The molecular weight excluding hydrogens is 346 g/mol. The molecule has 0 spiro atoms. The van der Waals surface area contributed by atoms with Gasteiger partial charge in [-0.15, -0.1) is 0 Å². The highest BCUT2D eigenvalue weighted by atomic mass is 16.5. The Morgan fingerprint density at radius 3 is 2.26 bits per heavy atom. The number of rotatable bonds is 9. The van der Waals surface area contributed by atoms with Crippen molar-refractivity contribution in [3.05, 3.63) is 36.2 Å². The molecule has 7 heteroatoms. The van der Waals surface area contributed by atoms with Crippen molar-refractivity contribution in [1.29, 1.82) is 0 Å². The van der Waals surface area contributed by atoms with Gasteiger partial charge in [0.2, 0.25) is 5.75 Å². The van der Waals surface area contributed by atoms with E-state index in [2.05, 4.69) is 29.5 Å². The third-order valence-corrected chi connectivity index (χ3v) is 3.95. The minimum absolute atomic E-state index is 0.191. The van der Waals surface area contributed by atoms with Gasteiger partial charge in [-0.2, -0.15) is 0 Å². The molecule has 1 amide bonds. The Labute approximate surface area is 160 Å². The SMILES string of the molecule is COc1cc(Nc2ccnc(C(=O)NCCC(C)C)c2)cc(OC)c1OC. The molecule has 0 aliphatic heterocycles. The molecule has 0 fully saturated rings. The third-order valence-electron chi connectivity index (χ3n) is 3.95. The van der Waals surface area contributed by atoms with E-state index in [0.29, 0.717) is 35.4 Å². The Bertz CT molecular complexity index is 753. The normalized spacial score (nSPS) is 10.4. The molecule has 0 bridgehead atoms. The van der Waals surface area contributed by atoms with Crippen LogP contribution >= 0.6 is 0 Å². The highest BCUT2D eigenvalue weighted by Gasteiger charge is 2.14. The van der Waals surface area contributed by atoms with Crippen LogP contribution in [0.15, 0.2) is 30.5 Å². The van der Waals surface area contributed by atoms with Crippen molar-refractivity contribution in [3.8, 4) is 17.2 Å². The Balaban J connectivity index is 2.17. The van der Waals surface area contributed by atoms with Crippen LogP contribution in [-0.2, 0) is 0 Å². The highest BCUT2D eigenvalue weighted by Crippen LogP contribution is 2.40. The molecule has 0 atom stereocenters. The summed E-state index contributed by atoms with van der Waals surface area (Å²) in [5.41, 5.74) is 1.83. The fourth-order valence-corrected chi connectivity index (χ4v) is 2.52. The molecule has 0 aliphatic rings. The topological polar surface area (TPSA) is 81.7 Å². The van der Waals surface area contributed by atoms with Crippen LogP contribution in [0.1, 0.15) is 30.8 Å². The number of hydrogen-bond acceptors (Lipinski definition) is 6. The number of amides is 1. The van der Waals surface area contributed by atoms with Gasteiger partial charge in [-0.25, -0.2) is 0 Å². The van der Waals surface area contributed by atoms with Crippen LogP contribution in [0.3, 0.4) is 0 Å². The van der Waals surface area contributed by atoms with E-state index in [1.165, 1.54) is 0 Å². The molecule has 27 heavy (non-hydrogen) atoms.